The zero-order chi connectivity index (χ0) is 13.9. The van der Waals surface area contributed by atoms with Crippen LogP contribution in [0.5, 0.6) is 0 Å². The van der Waals surface area contributed by atoms with Gasteiger partial charge in [-0.1, -0.05) is 32.9 Å². The molecule has 0 aromatic carbocycles. The summed E-state index contributed by atoms with van der Waals surface area (Å²) in [7, 11) is 0. The van der Waals surface area contributed by atoms with Crippen molar-refractivity contribution in [1.29, 1.82) is 0 Å². The summed E-state index contributed by atoms with van der Waals surface area (Å²) in [6.45, 7) is 7.29. The Balaban J connectivity index is 2.77. The van der Waals surface area contributed by atoms with Gasteiger partial charge in [-0.15, -0.1) is 0 Å². The second-order valence-corrected chi connectivity index (χ2v) is 4.80. The maximum atomic E-state index is 11.8. The molecular weight excluding hydrogens is 236 g/mol. The Morgan fingerprint density at radius 1 is 1.33 bits per heavy atom. The number of aliphatic carboxylic acids is 1. The van der Waals surface area contributed by atoms with Crippen LogP contribution in [-0.4, -0.2) is 28.2 Å². The SMILES string of the molecule is CC(C)c1cc(C(=O)N[C@H](C(=O)O)C(C)C)on1. The number of hydrogen-bond acceptors (Lipinski definition) is 4. The molecule has 2 N–H and O–H groups in total. The summed E-state index contributed by atoms with van der Waals surface area (Å²) in [5.74, 6) is -1.65. The smallest absolute Gasteiger partial charge is 0.326 e. The second kappa shape index (κ2) is 5.66. The summed E-state index contributed by atoms with van der Waals surface area (Å²) in [6.07, 6.45) is 0. The predicted molar refractivity (Wildman–Crippen MR) is 64.3 cm³/mol. The first-order chi connectivity index (χ1) is 8.32. The van der Waals surface area contributed by atoms with Crippen LogP contribution < -0.4 is 5.32 Å². The summed E-state index contributed by atoms with van der Waals surface area (Å²) in [5, 5.41) is 15.1. The van der Waals surface area contributed by atoms with E-state index >= 15 is 0 Å². The minimum atomic E-state index is -1.07. The van der Waals surface area contributed by atoms with E-state index in [2.05, 4.69) is 10.5 Å². The standard InChI is InChI=1S/C12H18N2O4/c1-6(2)8-5-9(18-14-8)11(15)13-10(7(3)4)12(16)17/h5-7,10H,1-4H3,(H,13,15)(H,16,17)/t10-/m0/s1. The van der Waals surface area contributed by atoms with Crippen molar-refractivity contribution in [3.8, 4) is 0 Å². The highest BCUT2D eigenvalue weighted by Crippen LogP contribution is 2.14. The molecule has 1 atom stereocenters. The molecule has 0 aliphatic heterocycles. The lowest BCUT2D eigenvalue weighted by Crippen LogP contribution is -2.44. The van der Waals surface area contributed by atoms with Crippen molar-refractivity contribution in [2.45, 2.75) is 39.7 Å². The number of carbonyl (C=O) groups is 2. The summed E-state index contributed by atoms with van der Waals surface area (Å²) < 4.78 is 4.89. The highest BCUT2D eigenvalue weighted by Gasteiger charge is 2.25. The molecule has 6 heteroatoms. The highest BCUT2D eigenvalue weighted by molar-refractivity contribution is 5.94. The van der Waals surface area contributed by atoms with Crippen molar-refractivity contribution in [1.82, 2.24) is 10.5 Å². The average Bonchev–Trinajstić information content (AvgIpc) is 2.73. The Bertz CT molecular complexity index is 437. The van der Waals surface area contributed by atoms with E-state index in [4.69, 9.17) is 9.63 Å². The molecule has 1 aromatic heterocycles. The molecule has 6 nitrogen and oxygen atoms in total. The maximum absolute atomic E-state index is 11.8. The predicted octanol–water partition coefficient (Wildman–Crippen LogP) is 1.64. The average molecular weight is 254 g/mol. The van der Waals surface area contributed by atoms with E-state index in [0.717, 1.165) is 0 Å². The van der Waals surface area contributed by atoms with Gasteiger partial charge in [0, 0.05) is 6.07 Å². The first-order valence-corrected chi connectivity index (χ1v) is 5.83. The van der Waals surface area contributed by atoms with Crippen molar-refractivity contribution in [3.05, 3.63) is 17.5 Å². The van der Waals surface area contributed by atoms with Gasteiger partial charge < -0.3 is 14.9 Å². The number of carboxylic acids is 1. The molecule has 0 fully saturated rings. The van der Waals surface area contributed by atoms with E-state index in [1.54, 1.807) is 13.8 Å². The van der Waals surface area contributed by atoms with Gasteiger partial charge in [-0.25, -0.2) is 4.79 Å². The van der Waals surface area contributed by atoms with Gasteiger partial charge in [0.05, 0.1) is 5.69 Å². The Hall–Kier alpha value is -1.85. The number of rotatable bonds is 5. The molecule has 1 aromatic rings. The van der Waals surface area contributed by atoms with Gasteiger partial charge >= 0.3 is 5.97 Å². The van der Waals surface area contributed by atoms with Gasteiger partial charge in [0.2, 0.25) is 5.76 Å². The molecule has 1 rings (SSSR count). The summed E-state index contributed by atoms with van der Waals surface area (Å²) in [6, 6.07) is 0.587. The van der Waals surface area contributed by atoms with Gasteiger partial charge in [0.25, 0.3) is 5.91 Å². The molecule has 0 aliphatic carbocycles. The number of amides is 1. The number of aromatic nitrogens is 1. The minimum Gasteiger partial charge on any atom is -0.480 e. The summed E-state index contributed by atoms with van der Waals surface area (Å²) in [5.41, 5.74) is 0.663. The largest absolute Gasteiger partial charge is 0.480 e. The van der Waals surface area contributed by atoms with Crippen molar-refractivity contribution in [3.63, 3.8) is 0 Å². The number of nitrogens with one attached hydrogen (secondary N) is 1. The fourth-order valence-corrected chi connectivity index (χ4v) is 1.39. The molecule has 0 saturated carbocycles. The molecular formula is C12H18N2O4. The molecule has 100 valence electrons. The van der Waals surface area contributed by atoms with Crippen LogP contribution in [0.4, 0.5) is 0 Å². The third-order valence-electron chi connectivity index (χ3n) is 2.56. The summed E-state index contributed by atoms with van der Waals surface area (Å²) >= 11 is 0. The van der Waals surface area contributed by atoms with Crippen LogP contribution in [0.15, 0.2) is 10.6 Å². The van der Waals surface area contributed by atoms with E-state index in [9.17, 15) is 9.59 Å². The number of carbonyl (C=O) groups excluding carboxylic acids is 1. The fraction of sp³-hybridized carbons (Fsp3) is 0.583. The molecule has 0 aliphatic rings. The Morgan fingerprint density at radius 3 is 2.33 bits per heavy atom. The second-order valence-electron chi connectivity index (χ2n) is 4.80. The molecule has 0 bridgehead atoms. The molecule has 0 spiro atoms. The van der Waals surface area contributed by atoms with Crippen LogP contribution in [0.3, 0.4) is 0 Å². The van der Waals surface area contributed by atoms with E-state index in [0.29, 0.717) is 5.69 Å². The zero-order valence-electron chi connectivity index (χ0n) is 10.9. The van der Waals surface area contributed by atoms with Crippen molar-refractivity contribution < 1.29 is 19.2 Å². The third-order valence-corrected chi connectivity index (χ3v) is 2.56. The molecule has 18 heavy (non-hydrogen) atoms. The van der Waals surface area contributed by atoms with E-state index in [1.165, 1.54) is 6.07 Å². The molecule has 1 heterocycles. The molecule has 0 saturated heterocycles. The van der Waals surface area contributed by atoms with Gasteiger partial charge in [0.1, 0.15) is 6.04 Å². The zero-order valence-corrected chi connectivity index (χ0v) is 10.9. The van der Waals surface area contributed by atoms with E-state index < -0.39 is 17.9 Å². The normalized spacial score (nSPS) is 12.8. The van der Waals surface area contributed by atoms with Crippen molar-refractivity contribution in [2.75, 3.05) is 0 Å². The molecule has 0 unspecified atom stereocenters. The van der Waals surface area contributed by atoms with Gasteiger partial charge in [0.15, 0.2) is 0 Å². The topological polar surface area (TPSA) is 92.4 Å². The van der Waals surface area contributed by atoms with Crippen LogP contribution in [0.1, 0.15) is 49.9 Å². The Kier molecular flexibility index (Phi) is 4.47. The lowest BCUT2D eigenvalue weighted by molar-refractivity contribution is -0.140. The fourth-order valence-electron chi connectivity index (χ4n) is 1.39. The van der Waals surface area contributed by atoms with Gasteiger partial charge in [-0.05, 0) is 11.8 Å². The van der Waals surface area contributed by atoms with Crippen LogP contribution in [0.25, 0.3) is 0 Å². The first-order valence-electron chi connectivity index (χ1n) is 5.83. The quantitative estimate of drug-likeness (QED) is 0.833. The van der Waals surface area contributed by atoms with Crippen molar-refractivity contribution >= 4 is 11.9 Å². The van der Waals surface area contributed by atoms with Crippen LogP contribution in [0.2, 0.25) is 0 Å². The Labute approximate surface area is 105 Å². The minimum absolute atomic E-state index is 0.0330. The monoisotopic (exact) mass is 254 g/mol. The van der Waals surface area contributed by atoms with E-state index in [1.807, 2.05) is 13.8 Å². The highest BCUT2D eigenvalue weighted by atomic mass is 16.5. The lowest BCUT2D eigenvalue weighted by Gasteiger charge is -2.16. The first kappa shape index (κ1) is 14.2. The number of nitrogens with zero attached hydrogens (tertiary/aromatic N) is 1. The van der Waals surface area contributed by atoms with Crippen LogP contribution >= 0.6 is 0 Å². The Morgan fingerprint density at radius 2 is 1.94 bits per heavy atom. The maximum Gasteiger partial charge on any atom is 0.326 e. The van der Waals surface area contributed by atoms with E-state index in [-0.39, 0.29) is 17.6 Å². The number of carboxylic acid groups (broad SMARTS) is 1. The van der Waals surface area contributed by atoms with Crippen molar-refractivity contribution in [2.24, 2.45) is 5.92 Å². The van der Waals surface area contributed by atoms with Gasteiger partial charge in [-0.2, -0.15) is 0 Å². The van der Waals surface area contributed by atoms with Crippen LogP contribution in [-0.2, 0) is 4.79 Å². The van der Waals surface area contributed by atoms with Crippen LogP contribution in [0, 0.1) is 5.92 Å². The molecule has 0 radical (unpaired) electrons. The third kappa shape index (κ3) is 3.32. The lowest BCUT2D eigenvalue weighted by atomic mass is 10.0. The number of hydrogen-bond donors (Lipinski definition) is 2. The van der Waals surface area contributed by atoms with Gasteiger partial charge in [-0.3, -0.25) is 4.79 Å². The summed E-state index contributed by atoms with van der Waals surface area (Å²) in [4.78, 5) is 22.8. The molecule has 1 amide bonds.